The lowest BCUT2D eigenvalue weighted by molar-refractivity contribution is -0.0669. The van der Waals surface area contributed by atoms with Crippen molar-refractivity contribution in [3.05, 3.63) is 35.1 Å². The maximum absolute atomic E-state index is 14.0. The Kier molecular flexibility index (Phi) is 3.77. The van der Waals surface area contributed by atoms with Crippen LogP contribution in [0.15, 0.2) is 23.2 Å². The molecule has 0 saturated carbocycles. The molecule has 1 amide bonds. The first-order valence-corrected chi connectivity index (χ1v) is 6.05. The topological polar surface area (TPSA) is 90.7 Å². The van der Waals surface area contributed by atoms with Crippen LogP contribution in [0.5, 0.6) is 0 Å². The summed E-state index contributed by atoms with van der Waals surface area (Å²) < 4.78 is 46.1. The Bertz CT molecular complexity index is 604. The van der Waals surface area contributed by atoms with Crippen molar-refractivity contribution in [1.29, 1.82) is 0 Å². The molecule has 1 aliphatic rings. The van der Waals surface area contributed by atoms with Crippen LogP contribution in [-0.4, -0.2) is 30.9 Å². The molecule has 1 aromatic carbocycles. The van der Waals surface area contributed by atoms with Gasteiger partial charge in [0.25, 0.3) is 6.43 Å². The summed E-state index contributed by atoms with van der Waals surface area (Å²) in [4.78, 5) is 14.9. The van der Waals surface area contributed by atoms with E-state index in [4.69, 9.17) is 16.2 Å². The van der Waals surface area contributed by atoms with Crippen LogP contribution < -0.4 is 11.5 Å². The van der Waals surface area contributed by atoms with Crippen LogP contribution in [0.2, 0.25) is 0 Å². The molecule has 0 unspecified atom stereocenters. The van der Waals surface area contributed by atoms with E-state index >= 15 is 0 Å². The van der Waals surface area contributed by atoms with Gasteiger partial charge in [-0.25, -0.2) is 13.2 Å². The molecule has 0 bridgehead atoms. The minimum absolute atomic E-state index is 0.0947. The van der Waals surface area contributed by atoms with Crippen LogP contribution >= 0.6 is 0 Å². The summed E-state index contributed by atoms with van der Waals surface area (Å²) >= 11 is 0. The van der Waals surface area contributed by atoms with Crippen molar-refractivity contribution in [3.63, 3.8) is 0 Å². The first-order chi connectivity index (χ1) is 9.68. The van der Waals surface area contributed by atoms with Gasteiger partial charge in [-0.15, -0.1) is 0 Å². The number of benzene rings is 1. The lowest BCUT2D eigenvalue weighted by atomic mass is 9.88. The fourth-order valence-corrected chi connectivity index (χ4v) is 1.98. The molecule has 1 aliphatic heterocycles. The maximum atomic E-state index is 14.0. The SMILES string of the molecule is C[C@]1(N)C=N[C@@](c2cc(C(N)=O)ccc2F)(C(F)F)CO1. The van der Waals surface area contributed by atoms with Gasteiger partial charge >= 0.3 is 0 Å². The molecule has 4 N–H and O–H groups in total. The van der Waals surface area contributed by atoms with Crippen LogP contribution in [0, 0.1) is 5.82 Å². The third-order valence-electron chi connectivity index (χ3n) is 3.23. The van der Waals surface area contributed by atoms with Gasteiger partial charge in [0, 0.05) is 17.3 Å². The van der Waals surface area contributed by atoms with E-state index < -0.39 is 41.6 Å². The second kappa shape index (κ2) is 5.12. The number of nitrogens with two attached hydrogens (primary N) is 2. The average molecular weight is 301 g/mol. The van der Waals surface area contributed by atoms with Crippen LogP contribution in [0.1, 0.15) is 22.8 Å². The van der Waals surface area contributed by atoms with Gasteiger partial charge in [0.1, 0.15) is 11.5 Å². The number of amides is 1. The van der Waals surface area contributed by atoms with Crippen LogP contribution in [0.3, 0.4) is 0 Å². The van der Waals surface area contributed by atoms with E-state index in [1.807, 2.05) is 0 Å². The molecular formula is C13H14F3N3O2. The standard InChI is InChI=1S/C13H14F3N3O2/c1-12(18)5-19-13(6-21-12,11(15)16)8-4-7(10(17)20)2-3-9(8)14/h2-5,11H,6,18H2,1H3,(H2,17,20)/t12-,13+/m1/s1. The van der Waals surface area contributed by atoms with Crippen molar-refractivity contribution in [2.45, 2.75) is 24.6 Å². The molecule has 0 aromatic heterocycles. The zero-order valence-electron chi connectivity index (χ0n) is 11.1. The minimum atomic E-state index is -3.05. The van der Waals surface area contributed by atoms with Crippen molar-refractivity contribution in [3.8, 4) is 0 Å². The Labute approximate surface area is 118 Å². The summed E-state index contributed by atoms with van der Waals surface area (Å²) in [5.41, 5.74) is 6.58. The second-order valence-electron chi connectivity index (χ2n) is 5.01. The molecular weight excluding hydrogens is 287 g/mol. The largest absolute Gasteiger partial charge is 0.366 e. The normalized spacial score (nSPS) is 28.9. The predicted octanol–water partition coefficient (Wildman–Crippen LogP) is 1.16. The Balaban J connectivity index is 2.59. The Morgan fingerprint density at radius 3 is 2.62 bits per heavy atom. The lowest BCUT2D eigenvalue weighted by Crippen LogP contribution is -2.52. The van der Waals surface area contributed by atoms with Crippen molar-refractivity contribution in [2.24, 2.45) is 16.5 Å². The highest BCUT2D eigenvalue weighted by atomic mass is 19.3. The Morgan fingerprint density at radius 2 is 2.14 bits per heavy atom. The lowest BCUT2D eigenvalue weighted by Gasteiger charge is -2.37. The van der Waals surface area contributed by atoms with E-state index in [9.17, 15) is 18.0 Å². The molecule has 2 atom stereocenters. The van der Waals surface area contributed by atoms with E-state index in [1.165, 1.54) is 6.92 Å². The molecule has 21 heavy (non-hydrogen) atoms. The van der Waals surface area contributed by atoms with E-state index in [0.717, 1.165) is 24.4 Å². The highest BCUT2D eigenvalue weighted by molar-refractivity contribution is 5.93. The zero-order chi connectivity index (χ0) is 15.8. The van der Waals surface area contributed by atoms with E-state index in [2.05, 4.69) is 4.99 Å². The molecule has 1 aromatic rings. The molecule has 8 heteroatoms. The van der Waals surface area contributed by atoms with Gasteiger partial charge in [-0.1, -0.05) is 0 Å². The average Bonchev–Trinajstić information content (AvgIpc) is 2.39. The molecule has 0 saturated heterocycles. The molecule has 0 fully saturated rings. The number of carbonyl (C=O) groups is 1. The number of aliphatic imine (C=N–C) groups is 1. The number of halogens is 3. The van der Waals surface area contributed by atoms with Gasteiger partial charge in [0.05, 0.1) is 6.61 Å². The molecule has 0 spiro atoms. The smallest absolute Gasteiger partial charge is 0.269 e. The Hall–Kier alpha value is -1.93. The zero-order valence-corrected chi connectivity index (χ0v) is 11.1. The van der Waals surface area contributed by atoms with Crippen LogP contribution in [0.25, 0.3) is 0 Å². The number of hydrogen-bond acceptors (Lipinski definition) is 4. The summed E-state index contributed by atoms with van der Waals surface area (Å²) in [5.74, 6) is -1.79. The highest BCUT2D eigenvalue weighted by Crippen LogP contribution is 2.38. The number of hydrogen-bond donors (Lipinski definition) is 2. The van der Waals surface area contributed by atoms with E-state index in [-0.39, 0.29) is 5.56 Å². The van der Waals surface area contributed by atoms with Gasteiger partial charge in [0.15, 0.2) is 5.54 Å². The fraction of sp³-hybridized carbons (Fsp3) is 0.385. The molecule has 114 valence electrons. The fourth-order valence-electron chi connectivity index (χ4n) is 1.98. The quantitative estimate of drug-likeness (QED) is 0.877. The van der Waals surface area contributed by atoms with Crippen molar-refractivity contribution in [1.82, 2.24) is 0 Å². The summed E-state index contributed by atoms with van der Waals surface area (Å²) in [5, 5.41) is 0. The number of carbonyl (C=O) groups excluding carboxylic acids is 1. The van der Waals surface area contributed by atoms with Gasteiger partial charge in [-0.05, 0) is 25.1 Å². The number of ether oxygens (including phenoxy) is 1. The number of primary amides is 1. The molecule has 0 aliphatic carbocycles. The molecule has 5 nitrogen and oxygen atoms in total. The highest BCUT2D eigenvalue weighted by Gasteiger charge is 2.47. The van der Waals surface area contributed by atoms with Crippen molar-refractivity contribution < 1.29 is 22.7 Å². The van der Waals surface area contributed by atoms with E-state index in [0.29, 0.717) is 0 Å². The summed E-state index contributed by atoms with van der Waals surface area (Å²) in [6, 6.07) is 2.97. The van der Waals surface area contributed by atoms with Gasteiger partial charge in [-0.3, -0.25) is 15.5 Å². The van der Waals surface area contributed by atoms with E-state index in [1.54, 1.807) is 0 Å². The monoisotopic (exact) mass is 301 g/mol. The predicted molar refractivity (Wildman–Crippen MR) is 69.6 cm³/mol. The number of alkyl halides is 2. The number of nitrogens with zero attached hydrogens (tertiary/aromatic N) is 1. The number of rotatable bonds is 3. The van der Waals surface area contributed by atoms with Crippen molar-refractivity contribution in [2.75, 3.05) is 6.61 Å². The maximum Gasteiger partial charge on any atom is 0.269 e. The first-order valence-electron chi connectivity index (χ1n) is 6.05. The van der Waals surface area contributed by atoms with Crippen molar-refractivity contribution >= 4 is 12.1 Å². The van der Waals surface area contributed by atoms with Gasteiger partial charge in [-0.2, -0.15) is 0 Å². The Morgan fingerprint density at radius 1 is 1.48 bits per heavy atom. The van der Waals surface area contributed by atoms with Crippen LogP contribution in [-0.2, 0) is 10.3 Å². The second-order valence-corrected chi connectivity index (χ2v) is 5.01. The first kappa shape index (κ1) is 15.5. The molecule has 0 radical (unpaired) electrons. The summed E-state index contributed by atoms with van der Waals surface area (Å²) in [7, 11) is 0. The summed E-state index contributed by atoms with van der Waals surface area (Å²) in [6.45, 7) is 0.815. The third-order valence-corrected chi connectivity index (χ3v) is 3.23. The minimum Gasteiger partial charge on any atom is -0.366 e. The summed E-state index contributed by atoms with van der Waals surface area (Å²) in [6.07, 6.45) is -2.05. The molecule has 2 rings (SSSR count). The van der Waals surface area contributed by atoms with Gasteiger partial charge in [0.2, 0.25) is 5.91 Å². The third kappa shape index (κ3) is 2.77. The molecule has 1 heterocycles. The van der Waals surface area contributed by atoms with Crippen LogP contribution in [0.4, 0.5) is 13.2 Å². The van der Waals surface area contributed by atoms with Gasteiger partial charge < -0.3 is 10.5 Å².